The third kappa shape index (κ3) is 2.67. The van der Waals surface area contributed by atoms with Crippen molar-refractivity contribution in [3.05, 3.63) is 29.8 Å². The van der Waals surface area contributed by atoms with Crippen LogP contribution in [0.5, 0.6) is 0 Å². The maximum Gasteiger partial charge on any atom is 0.335 e. The van der Waals surface area contributed by atoms with Gasteiger partial charge in [-0.05, 0) is 31.2 Å². The van der Waals surface area contributed by atoms with Crippen molar-refractivity contribution in [3.8, 4) is 0 Å². The minimum atomic E-state index is -3.80. The van der Waals surface area contributed by atoms with Gasteiger partial charge < -0.3 is 10.4 Å². The molecule has 0 aliphatic heterocycles. The molecule has 98 valence electrons. The maximum atomic E-state index is 12.0. The van der Waals surface area contributed by atoms with E-state index < -0.39 is 27.0 Å². The average molecular weight is 271 g/mol. The molecule has 2 N–H and O–H groups in total. The molecular formula is C11H13NO5S. The lowest BCUT2D eigenvalue weighted by atomic mass is 10.2. The second-order valence-electron chi connectivity index (χ2n) is 3.63. The van der Waals surface area contributed by atoms with Crippen molar-refractivity contribution in [2.24, 2.45) is 0 Å². The Balaban J connectivity index is 3.13. The first kappa shape index (κ1) is 14.2. The molecule has 0 bridgehead atoms. The number of carbonyl (C=O) groups excluding carboxylic acids is 1. The third-order valence-corrected chi connectivity index (χ3v) is 4.59. The molecule has 1 rings (SSSR count). The van der Waals surface area contributed by atoms with E-state index in [2.05, 4.69) is 5.32 Å². The van der Waals surface area contributed by atoms with Crippen molar-refractivity contribution < 1.29 is 23.1 Å². The zero-order valence-electron chi connectivity index (χ0n) is 9.88. The van der Waals surface area contributed by atoms with Gasteiger partial charge in [-0.1, -0.05) is 0 Å². The second kappa shape index (κ2) is 5.18. The van der Waals surface area contributed by atoms with Gasteiger partial charge in [-0.15, -0.1) is 0 Å². The van der Waals surface area contributed by atoms with E-state index in [1.165, 1.54) is 38.2 Å². The molecule has 0 aliphatic rings. The summed E-state index contributed by atoms with van der Waals surface area (Å²) in [6.45, 7) is 1.28. The molecule has 0 radical (unpaired) electrons. The van der Waals surface area contributed by atoms with Crippen LogP contribution in [0, 0.1) is 0 Å². The maximum absolute atomic E-state index is 12.0. The summed E-state index contributed by atoms with van der Waals surface area (Å²) in [6, 6.07) is 4.73. The zero-order chi connectivity index (χ0) is 13.9. The highest BCUT2D eigenvalue weighted by molar-refractivity contribution is 7.92. The summed E-state index contributed by atoms with van der Waals surface area (Å²) in [5, 5.41) is 9.73. The van der Waals surface area contributed by atoms with Crippen LogP contribution >= 0.6 is 0 Å². The van der Waals surface area contributed by atoms with Crippen molar-refractivity contribution in [2.75, 3.05) is 7.05 Å². The minimum absolute atomic E-state index is 0.0125. The Morgan fingerprint density at radius 1 is 1.22 bits per heavy atom. The summed E-state index contributed by atoms with van der Waals surface area (Å²) in [6.07, 6.45) is 0. The van der Waals surface area contributed by atoms with Crippen molar-refractivity contribution in [1.82, 2.24) is 5.32 Å². The molecule has 1 aromatic carbocycles. The molecule has 1 unspecified atom stereocenters. The highest BCUT2D eigenvalue weighted by Crippen LogP contribution is 2.17. The zero-order valence-corrected chi connectivity index (χ0v) is 10.7. The van der Waals surface area contributed by atoms with Gasteiger partial charge >= 0.3 is 5.97 Å². The Hall–Kier alpha value is -1.89. The Labute approximate surface area is 105 Å². The van der Waals surface area contributed by atoms with Crippen LogP contribution in [0.15, 0.2) is 29.2 Å². The van der Waals surface area contributed by atoms with Gasteiger partial charge in [-0.25, -0.2) is 13.2 Å². The number of nitrogens with one attached hydrogen (secondary N) is 1. The number of rotatable bonds is 4. The highest BCUT2D eigenvalue weighted by Gasteiger charge is 2.28. The number of amides is 1. The van der Waals surface area contributed by atoms with Crippen LogP contribution in [0.25, 0.3) is 0 Å². The normalized spacial score (nSPS) is 12.8. The van der Waals surface area contributed by atoms with Crippen molar-refractivity contribution in [2.45, 2.75) is 17.1 Å². The standard InChI is InChI=1S/C11H13NO5S/c1-7(10(13)12-2)18(16,17)9-5-3-8(4-6-9)11(14)15/h3-7H,1-2H3,(H,12,13)(H,14,15). The molecule has 1 aromatic rings. The van der Waals surface area contributed by atoms with Crippen molar-refractivity contribution >= 4 is 21.7 Å². The van der Waals surface area contributed by atoms with Crippen LogP contribution in [-0.4, -0.2) is 37.7 Å². The van der Waals surface area contributed by atoms with Gasteiger partial charge in [-0.2, -0.15) is 0 Å². The largest absolute Gasteiger partial charge is 0.478 e. The van der Waals surface area contributed by atoms with Gasteiger partial charge in [0.25, 0.3) is 0 Å². The Morgan fingerprint density at radius 2 is 1.72 bits per heavy atom. The highest BCUT2D eigenvalue weighted by atomic mass is 32.2. The fourth-order valence-corrected chi connectivity index (χ4v) is 2.66. The van der Waals surface area contributed by atoms with Gasteiger partial charge in [-0.3, -0.25) is 4.79 Å². The number of carboxylic acid groups (broad SMARTS) is 1. The molecule has 0 spiro atoms. The molecule has 0 heterocycles. The van der Waals surface area contributed by atoms with E-state index in [0.717, 1.165) is 0 Å². The molecule has 18 heavy (non-hydrogen) atoms. The SMILES string of the molecule is CNC(=O)C(C)S(=O)(=O)c1ccc(C(=O)O)cc1. The summed E-state index contributed by atoms with van der Waals surface area (Å²) in [7, 11) is -2.45. The molecule has 0 aliphatic carbocycles. The van der Waals surface area contributed by atoms with E-state index in [0.29, 0.717) is 0 Å². The van der Waals surface area contributed by atoms with Gasteiger partial charge in [0.05, 0.1) is 10.5 Å². The number of benzene rings is 1. The predicted molar refractivity (Wildman–Crippen MR) is 64.1 cm³/mol. The average Bonchev–Trinajstić information content (AvgIpc) is 2.36. The fourth-order valence-electron chi connectivity index (χ4n) is 1.34. The Bertz CT molecular complexity index is 562. The Kier molecular flexibility index (Phi) is 4.07. The molecule has 0 aromatic heterocycles. The quantitative estimate of drug-likeness (QED) is 0.820. The first-order valence-corrected chi connectivity index (χ1v) is 6.64. The first-order valence-electron chi connectivity index (χ1n) is 5.09. The van der Waals surface area contributed by atoms with Gasteiger partial charge in [0.15, 0.2) is 9.84 Å². The van der Waals surface area contributed by atoms with E-state index in [4.69, 9.17) is 5.11 Å². The number of hydrogen-bond donors (Lipinski definition) is 2. The molecule has 0 saturated carbocycles. The van der Waals surface area contributed by atoms with Crippen LogP contribution in [0.4, 0.5) is 0 Å². The van der Waals surface area contributed by atoms with Gasteiger partial charge in [0.2, 0.25) is 5.91 Å². The molecule has 6 nitrogen and oxygen atoms in total. The summed E-state index contributed by atoms with van der Waals surface area (Å²) < 4.78 is 24.0. The van der Waals surface area contributed by atoms with E-state index >= 15 is 0 Å². The number of carboxylic acids is 1. The predicted octanol–water partition coefficient (Wildman–Crippen LogP) is 0.293. The first-order chi connectivity index (χ1) is 8.30. The summed E-state index contributed by atoms with van der Waals surface area (Å²) in [5.74, 6) is -1.75. The number of sulfone groups is 1. The monoisotopic (exact) mass is 271 g/mol. The lowest BCUT2D eigenvalue weighted by molar-refractivity contribution is -0.119. The lowest BCUT2D eigenvalue weighted by Gasteiger charge is -2.11. The van der Waals surface area contributed by atoms with Crippen LogP contribution < -0.4 is 5.32 Å². The van der Waals surface area contributed by atoms with Crippen LogP contribution in [0.3, 0.4) is 0 Å². The van der Waals surface area contributed by atoms with Crippen LogP contribution in [0.2, 0.25) is 0 Å². The number of carbonyl (C=O) groups is 2. The van der Waals surface area contributed by atoms with E-state index in [1.807, 2.05) is 0 Å². The minimum Gasteiger partial charge on any atom is -0.478 e. The van der Waals surface area contributed by atoms with E-state index in [9.17, 15) is 18.0 Å². The smallest absolute Gasteiger partial charge is 0.335 e. The van der Waals surface area contributed by atoms with E-state index in [-0.39, 0.29) is 10.5 Å². The molecule has 0 fully saturated rings. The van der Waals surface area contributed by atoms with Crippen molar-refractivity contribution in [3.63, 3.8) is 0 Å². The van der Waals surface area contributed by atoms with Crippen LogP contribution in [0.1, 0.15) is 17.3 Å². The summed E-state index contributed by atoms with van der Waals surface area (Å²) in [4.78, 5) is 21.9. The summed E-state index contributed by atoms with van der Waals surface area (Å²) in [5.41, 5.74) is -0.0125. The van der Waals surface area contributed by atoms with Gasteiger partial charge in [0.1, 0.15) is 5.25 Å². The lowest BCUT2D eigenvalue weighted by Crippen LogP contribution is -2.35. The van der Waals surface area contributed by atoms with Crippen molar-refractivity contribution in [1.29, 1.82) is 0 Å². The Morgan fingerprint density at radius 3 is 2.11 bits per heavy atom. The second-order valence-corrected chi connectivity index (χ2v) is 5.90. The molecule has 1 amide bonds. The molecule has 0 saturated heterocycles. The molecular weight excluding hydrogens is 258 g/mol. The third-order valence-electron chi connectivity index (χ3n) is 2.51. The number of hydrogen-bond acceptors (Lipinski definition) is 4. The fraction of sp³-hybridized carbons (Fsp3) is 0.273. The molecule has 1 atom stereocenters. The van der Waals surface area contributed by atoms with Gasteiger partial charge in [0, 0.05) is 7.05 Å². The number of aromatic carboxylic acids is 1. The molecule has 7 heteroatoms. The van der Waals surface area contributed by atoms with E-state index in [1.54, 1.807) is 0 Å². The topological polar surface area (TPSA) is 101 Å². The van der Waals surface area contributed by atoms with Crippen LogP contribution in [-0.2, 0) is 14.6 Å². The summed E-state index contributed by atoms with van der Waals surface area (Å²) >= 11 is 0.